The van der Waals surface area contributed by atoms with E-state index in [0.29, 0.717) is 25.9 Å². The number of likely N-dealkylation sites (tertiary alicyclic amines) is 2. The molecule has 1 N–H and O–H groups in total. The Balaban J connectivity index is 1.64. The van der Waals surface area contributed by atoms with Crippen LogP contribution < -0.4 is 5.32 Å². The first-order valence-electron chi connectivity index (χ1n) is 11.3. The lowest BCUT2D eigenvalue weighted by molar-refractivity contribution is -0.142. The molecular formula is C24H33N5O3. The molecule has 1 aromatic carbocycles. The molecule has 2 aliphatic heterocycles. The number of hydrogen-bond acceptors (Lipinski definition) is 5. The summed E-state index contributed by atoms with van der Waals surface area (Å²) in [5, 5.41) is 12.3. The fourth-order valence-electron chi connectivity index (χ4n) is 4.70. The molecule has 0 saturated carbocycles. The van der Waals surface area contributed by atoms with Crippen molar-refractivity contribution < 1.29 is 14.4 Å². The Labute approximate surface area is 190 Å². The molecule has 4 unspecified atom stereocenters. The van der Waals surface area contributed by atoms with Gasteiger partial charge in [0.05, 0.1) is 24.6 Å². The monoisotopic (exact) mass is 439 g/mol. The summed E-state index contributed by atoms with van der Waals surface area (Å²) in [5.74, 6) is -0.497. The summed E-state index contributed by atoms with van der Waals surface area (Å²) in [5.41, 5.74) is 0.734. The maximum atomic E-state index is 13.3. The van der Waals surface area contributed by atoms with Gasteiger partial charge < -0.3 is 15.1 Å². The number of amides is 3. The lowest BCUT2D eigenvalue weighted by atomic mass is 10.0. The van der Waals surface area contributed by atoms with E-state index >= 15 is 0 Å². The van der Waals surface area contributed by atoms with Crippen LogP contribution in [0.5, 0.6) is 0 Å². The number of carbonyl (C=O) groups is 3. The van der Waals surface area contributed by atoms with Gasteiger partial charge in [-0.3, -0.25) is 19.3 Å². The molecule has 0 aliphatic carbocycles. The number of hydrogen-bond donors (Lipinski definition) is 1. The van der Waals surface area contributed by atoms with Crippen molar-refractivity contribution in [1.29, 1.82) is 5.26 Å². The number of likely N-dealkylation sites (N-methyl/N-ethyl adjacent to an activating group) is 1. The van der Waals surface area contributed by atoms with Gasteiger partial charge in [0.15, 0.2) is 0 Å². The topological polar surface area (TPSA) is 96.7 Å². The number of para-hydroxylation sites is 1. The van der Waals surface area contributed by atoms with Crippen LogP contribution in [0, 0.1) is 23.2 Å². The Hall–Kier alpha value is -2.92. The molecule has 2 saturated heterocycles. The molecule has 2 heterocycles. The van der Waals surface area contributed by atoms with Crippen molar-refractivity contribution in [2.75, 3.05) is 32.0 Å². The van der Waals surface area contributed by atoms with E-state index in [1.807, 2.05) is 56.0 Å². The van der Waals surface area contributed by atoms with Crippen LogP contribution in [0.4, 0.5) is 5.69 Å². The first-order chi connectivity index (χ1) is 15.2. The molecule has 172 valence electrons. The van der Waals surface area contributed by atoms with Crippen LogP contribution in [0.25, 0.3) is 0 Å². The number of nitrogens with zero attached hydrogens (tertiary/aromatic N) is 4. The maximum absolute atomic E-state index is 13.3. The van der Waals surface area contributed by atoms with Gasteiger partial charge in [0.2, 0.25) is 17.7 Å². The number of anilines is 1. The first-order valence-corrected chi connectivity index (χ1v) is 11.3. The van der Waals surface area contributed by atoms with Crippen LogP contribution in [0.1, 0.15) is 33.6 Å². The second-order valence-electron chi connectivity index (χ2n) is 9.32. The van der Waals surface area contributed by atoms with Crippen LogP contribution in [0.2, 0.25) is 0 Å². The van der Waals surface area contributed by atoms with E-state index in [0.717, 1.165) is 5.69 Å². The normalized spacial score (nSPS) is 25.6. The third-order valence-corrected chi connectivity index (χ3v) is 6.43. The number of nitrogens with one attached hydrogen (secondary N) is 1. The third-order valence-electron chi connectivity index (χ3n) is 6.43. The lowest BCUT2D eigenvalue weighted by Gasteiger charge is -2.31. The predicted octanol–water partition coefficient (Wildman–Crippen LogP) is 1.94. The number of benzene rings is 1. The SMILES string of the molecule is CC1CC(C#N)N(C(=O)CN(C)C(=O)C2CC(C(=O)Nc3ccccc3)CN2C(C)C)C1. The zero-order chi connectivity index (χ0) is 23.4. The molecule has 3 rings (SSSR count). The van der Waals surface area contributed by atoms with Crippen molar-refractivity contribution in [3.05, 3.63) is 30.3 Å². The number of rotatable bonds is 6. The van der Waals surface area contributed by atoms with Crippen molar-refractivity contribution in [3.63, 3.8) is 0 Å². The molecule has 2 fully saturated rings. The lowest BCUT2D eigenvalue weighted by Crippen LogP contribution is -2.50. The number of carbonyl (C=O) groups excluding carboxylic acids is 3. The summed E-state index contributed by atoms with van der Waals surface area (Å²) in [7, 11) is 1.62. The molecule has 3 amide bonds. The maximum Gasteiger partial charge on any atom is 0.243 e. The van der Waals surface area contributed by atoms with Gasteiger partial charge in [0, 0.05) is 31.9 Å². The quantitative estimate of drug-likeness (QED) is 0.731. The van der Waals surface area contributed by atoms with Crippen molar-refractivity contribution in [3.8, 4) is 6.07 Å². The largest absolute Gasteiger partial charge is 0.335 e. The summed E-state index contributed by atoms with van der Waals surface area (Å²) in [6, 6.07) is 10.7. The molecule has 0 radical (unpaired) electrons. The van der Waals surface area contributed by atoms with Gasteiger partial charge in [-0.2, -0.15) is 5.26 Å². The van der Waals surface area contributed by atoms with Crippen molar-refractivity contribution >= 4 is 23.4 Å². The summed E-state index contributed by atoms with van der Waals surface area (Å²) >= 11 is 0. The van der Waals surface area contributed by atoms with Gasteiger partial charge >= 0.3 is 0 Å². The van der Waals surface area contributed by atoms with E-state index in [2.05, 4.69) is 11.4 Å². The van der Waals surface area contributed by atoms with Crippen molar-refractivity contribution in [1.82, 2.24) is 14.7 Å². The van der Waals surface area contributed by atoms with Crippen LogP contribution in [0.15, 0.2) is 30.3 Å². The van der Waals surface area contributed by atoms with Gasteiger partial charge in [-0.15, -0.1) is 0 Å². The fourth-order valence-corrected chi connectivity index (χ4v) is 4.70. The summed E-state index contributed by atoms with van der Waals surface area (Å²) in [4.78, 5) is 43.9. The summed E-state index contributed by atoms with van der Waals surface area (Å²) in [6.45, 7) is 7.01. The van der Waals surface area contributed by atoms with Crippen LogP contribution in [0.3, 0.4) is 0 Å². The fraction of sp³-hybridized carbons (Fsp3) is 0.583. The first kappa shape index (κ1) is 23.7. The molecule has 1 aromatic rings. The van der Waals surface area contributed by atoms with Crippen LogP contribution in [-0.2, 0) is 14.4 Å². The molecule has 32 heavy (non-hydrogen) atoms. The van der Waals surface area contributed by atoms with E-state index in [1.54, 1.807) is 11.9 Å². The van der Waals surface area contributed by atoms with E-state index in [1.165, 1.54) is 4.90 Å². The molecule has 0 bridgehead atoms. The molecule has 8 nitrogen and oxygen atoms in total. The molecule has 0 aromatic heterocycles. The van der Waals surface area contributed by atoms with Crippen LogP contribution >= 0.6 is 0 Å². The molecular weight excluding hydrogens is 406 g/mol. The van der Waals surface area contributed by atoms with Gasteiger partial charge in [0.25, 0.3) is 0 Å². The van der Waals surface area contributed by atoms with E-state index in [9.17, 15) is 19.6 Å². The molecule has 2 aliphatic rings. The molecule has 8 heteroatoms. The number of nitriles is 1. The molecule has 4 atom stereocenters. The Morgan fingerprint density at radius 2 is 1.88 bits per heavy atom. The average molecular weight is 440 g/mol. The molecule has 0 spiro atoms. The van der Waals surface area contributed by atoms with E-state index < -0.39 is 12.1 Å². The zero-order valence-electron chi connectivity index (χ0n) is 19.3. The van der Waals surface area contributed by atoms with Gasteiger partial charge in [-0.25, -0.2) is 0 Å². The Morgan fingerprint density at radius 1 is 1.19 bits per heavy atom. The second-order valence-corrected chi connectivity index (χ2v) is 9.32. The van der Waals surface area contributed by atoms with Crippen molar-refractivity contribution in [2.24, 2.45) is 11.8 Å². The predicted molar refractivity (Wildman–Crippen MR) is 121 cm³/mol. The highest BCUT2D eigenvalue weighted by Crippen LogP contribution is 2.28. The van der Waals surface area contributed by atoms with E-state index in [-0.39, 0.29) is 42.1 Å². The Kier molecular flexibility index (Phi) is 7.52. The Bertz CT molecular complexity index is 881. The summed E-state index contributed by atoms with van der Waals surface area (Å²) in [6.07, 6.45) is 1.08. The van der Waals surface area contributed by atoms with Crippen LogP contribution in [-0.4, -0.2) is 77.2 Å². The minimum absolute atomic E-state index is 0.0625. The minimum Gasteiger partial charge on any atom is -0.335 e. The summed E-state index contributed by atoms with van der Waals surface area (Å²) < 4.78 is 0. The van der Waals surface area contributed by atoms with E-state index in [4.69, 9.17) is 0 Å². The average Bonchev–Trinajstić information content (AvgIpc) is 3.38. The highest BCUT2D eigenvalue weighted by molar-refractivity contribution is 5.94. The zero-order valence-corrected chi connectivity index (χ0v) is 19.3. The van der Waals surface area contributed by atoms with Gasteiger partial charge in [0.1, 0.15) is 6.04 Å². The van der Waals surface area contributed by atoms with Crippen molar-refractivity contribution in [2.45, 2.75) is 51.7 Å². The van der Waals surface area contributed by atoms with Gasteiger partial charge in [-0.05, 0) is 44.7 Å². The second kappa shape index (κ2) is 10.1. The third kappa shape index (κ3) is 5.28. The standard InChI is InChI=1S/C24H33N5O3/c1-16(2)28-14-18(23(31)26-19-8-6-5-7-9-19)11-21(28)24(32)27(4)15-22(30)29-13-17(3)10-20(29)12-25/h5-9,16-18,20-21H,10-11,13-15H2,1-4H3,(H,26,31). The Morgan fingerprint density at radius 3 is 2.50 bits per heavy atom. The highest BCUT2D eigenvalue weighted by atomic mass is 16.2. The van der Waals surface area contributed by atoms with Gasteiger partial charge in [-0.1, -0.05) is 25.1 Å². The smallest absolute Gasteiger partial charge is 0.243 e. The highest BCUT2D eigenvalue weighted by Gasteiger charge is 2.43. The minimum atomic E-state index is -0.455.